The van der Waals surface area contributed by atoms with E-state index in [1.54, 1.807) is 0 Å². The second-order valence-electron chi connectivity index (χ2n) is 1.99. The fraction of sp³-hybridized carbons (Fsp3) is 0.500. The van der Waals surface area contributed by atoms with Gasteiger partial charge < -0.3 is 5.32 Å². The molecule has 0 spiro atoms. The maximum absolute atomic E-state index is 10.6. The molecule has 1 fully saturated rings. The Morgan fingerprint density at radius 1 is 1.75 bits per heavy atom. The maximum Gasteiger partial charge on any atom is 0.227 e. The van der Waals surface area contributed by atoms with Gasteiger partial charge in [-0.2, -0.15) is 0 Å². The van der Waals surface area contributed by atoms with Crippen LogP contribution in [0.2, 0.25) is 0 Å². The van der Waals surface area contributed by atoms with Gasteiger partial charge >= 0.3 is 0 Å². The third-order valence-corrected chi connectivity index (χ3v) is 1.19. The van der Waals surface area contributed by atoms with Crippen molar-refractivity contribution in [3.05, 3.63) is 12.8 Å². The normalized spacial score (nSPS) is 17.5. The molecule has 2 nitrogen and oxygen atoms in total. The summed E-state index contributed by atoms with van der Waals surface area (Å²) in [5.74, 6) is 0.424. The Hall–Kier alpha value is -0.790. The van der Waals surface area contributed by atoms with Crippen molar-refractivity contribution in [2.75, 3.05) is 0 Å². The summed E-state index contributed by atoms with van der Waals surface area (Å²) >= 11 is 0. The summed E-state index contributed by atoms with van der Waals surface area (Å²) in [6, 6.07) is 0. The molecule has 0 saturated heterocycles. The highest BCUT2D eigenvalue weighted by molar-refractivity contribution is 5.81. The molecule has 2 heteroatoms. The maximum atomic E-state index is 10.6. The van der Waals surface area contributed by atoms with E-state index < -0.39 is 0 Å². The first-order chi connectivity index (χ1) is 3.84. The second kappa shape index (κ2) is 1.99. The molecular weight excluding hydrogens is 102 g/mol. The highest BCUT2D eigenvalue weighted by atomic mass is 16.1. The van der Waals surface area contributed by atoms with Gasteiger partial charge in [0.1, 0.15) is 0 Å². The van der Waals surface area contributed by atoms with Gasteiger partial charge in [0.25, 0.3) is 0 Å². The van der Waals surface area contributed by atoms with Crippen molar-refractivity contribution in [3.8, 4) is 0 Å². The van der Waals surface area contributed by atoms with E-state index in [4.69, 9.17) is 0 Å². The summed E-state index contributed by atoms with van der Waals surface area (Å²) < 4.78 is 0. The van der Waals surface area contributed by atoms with Crippen LogP contribution < -0.4 is 5.32 Å². The van der Waals surface area contributed by atoms with E-state index in [9.17, 15) is 4.79 Å². The van der Waals surface area contributed by atoms with Crippen molar-refractivity contribution in [1.82, 2.24) is 5.32 Å². The minimum Gasteiger partial charge on any atom is -0.333 e. The summed E-state index contributed by atoms with van der Waals surface area (Å²) in [6.07, 6.45) is 3.54. The Bertz CT molecular complexity index is 116. The van der Waals surface area contributed by atoms with Crippen molar-refractivity contribution in [3.63, 3.8) is 0 Å². The van der Waals surface area contributed by atoms with E-state index in [-0.39, 0.29) is 5.91 Å². The molecule has 1 saturated carbocycles. The molecule has 1 aliphatic rings. The minimum atomic E-state index is 0.125. The van der Waals surface area contributed by atoms with Gasteiger partial charge in [-0.15, -0.1) is 0 Å². The molecule has 0 aromatic rings. The molecule has 0 aromatic carbocycles. The Morgan fingerprint density at radius 3 is 2.75 bits per heavy atom. The zero-order valence-corrected chi connectivity index (χ0v) is 4.68. The Labute approximate surface area is 48.6 Å². The van der Waals surface area contributed by atoms with E-state index in [2.05, 4.69) is 11.9 Å². The average molecular weight is 111 g/mol. The highest BCUT2D eigenvalue weighted by Gasteiger charge is 2.28. The topological polar surface area (TPSA) is 29.1 Å². The van der Waals surface area contributed by atoms with Crippen LogP contribution in [0.25, 0.3) is 0 Å². The van der Waals surface area contributed by atoms with Crippen LogP contribution in [-0.2, 0) is 4.79 Å². The third-order valence-electron chi connectivity index (χ3n) is 1.19. The van der Waals surface area contributed by atoms with Gasteiger partial charge in [0.2, 0.25) is 5.91 Å². The fourth-order valence-electron chi connectivity index (χ4n) is 0.564. The average Bonchev–Trinajstić information content (AvgIpc) is 2.45. The minimum absolute atomic E-state index is 0.125. The van der Waals surface area contributed by atoms with Gasteiger partial charge in [-0.3, -0.25) is 4.79 Å². The van der Waals surface area contributed by atoms with Crippen molar-refractivity contribution < 1.29 is 4.79 Å². The highest BCUT2D eigenvalue weighted by Crippen LogP contribution is 2.28. The molecule has 1 rings (SSSR count). The molecule has 0 aromatic heterocycles. The molecule has 0 radical (unpaired) electrons. The van der Waals surface area contributed by atoms with Gasteiger partial charge in [0.15, 0.2) is 0 Å². The van der Waals surface area contributed by atoms with E-state index >= 15 is 0 Å². The zero-order valence-electron chi connectivity index (χ0n) is 4.68. The molecule has 0 bridgehead atoms. The fourth-order valence-corrected chi connectivity index (χ4v) is 0.564. The number of carbonyl (C=O) groups is 1. The molecule has 1 amide bonds. The van der Waals surface area contributed by atoms with Crippen LogP contribution in [0, 0.1) is 5.92 Å². The Kier molecular flexibility index (Phi) is 1.33. The van der Waals surface area contributed by atoms with Crippen LogP contribution >= 0.6 is 0 Å². The monoisotopic (exact) mass is 111 g/mol. The van der Waals surface area contributed by atoms with E-state index in [1.807, 2.05) is 0 Å². The molecule has 0 aliphatic heterocycles. The second-order valence-corrected chi connectivity index (χ2v) is 1.99. The van der Waals surface area contributed by atoms with Gasteiger partial charge in [-0.25, -0.2) is 0 Å². The summed E-state index contributed by atoms with van der Waals surface area (Å²) in [5, 5.41) is 2.53. The molecule has 0 atom stereocenters. The van der Waals surface area contributed by atoms with Crippen molar-refractivity contribution >= 4 is 5.91 Å². The van der Waals surface area contributed by atoms with E-state index in [0.29, 0.717) is 5.92 Å². The first-order valence-electron chi connectivity index (χ1n) is 2.76. The molecule has 8 heavy (non-hydrogen) atoms. The molecule has 1 N–H and O–H groups in total. The number of nitrogens with one attached hydrogen (secondary N) is 1. The molecule has 1 aliphatic carbocycles. The van der Waals surface area contributed by atoms with Crippen LogP contribution in [0.15, 0.2) is 12.8 Å². The molecular formula is C6H9NO. The van der Waals surface area contributed by atoms with E-state index in [1.165, 1.54) is 6.20 Å². The zero-order chi connectivity index (χ0) is 5.98. The summed E-state index contributed by atoms with van der Waals surface area (Å²) in [7, 11) is 0. The van der Waals surface area contributed by atoms with Gasteiger partial charge in [-0.1, -0.05) is 6.58 Å². The standard InChI is InChI=1S/C6H9NO/c1-2-7-6(8)5-3-4-5/h2,5H,1,3-4H2,(H,7,8). The summed E-state index contributed by atoms with van der Waals surface area (Å²) in [5.41, 5.74) is 0. The van der Waals surface area contributed by atoms with Crippen LogP contribution in [0.3, 0.4) is 0 Å². The predicted molar refractivity (Wildman–Crippen MR) is 31.1 cm³/mol. The van der Waals surface area contributed by atoms with Gasteiger partial charge in [-0.05, 0) is 19.0 Å². The third kappa shape index (κ3) is 1.09. The number of rotatable bonds is 2. The number of amides is 1. The lowest BCUT2D eigenvalue weighted by molar-refractivity contribution is -0.121. The molecule has 44 valence electrons. The van der Waals surface area contributed by atoms with Crippen LogP contribution in [0.5, 0.6) is 0 Å². The van der Waals surface area contributed by atoms with Gasteiger partial charge in [0, 0.05) is 5.92 Å². The van der Waals surface area contributed by atoms with Gasteiger partial charge in [0.05, 0.1) is 0 Å². The van der Waals surface area contributed by atoms with E-state index in [0.717, 1.165) is 12.8 Å². The number of hydrogen-bond acceptors (Lipinski definition) is 1. The molecule has 0 heterocycles. The quantitative estimate of drug-likeness (QED) is 0.557. The van der Waals surface area contributed by atoms with Crippen LogP contribution in [-0.4, -0.2) is 5.91 Å². The van der Waals surface area contributed by atoms with Crippen LogP contribution in [0.1, 0.15) is 12.8 Å². The van der Waals surface area contributed by atoms with Crippen molar-refractivity contribution in [1.29, 1.82) is 0 Å². The summed E-state index contributed by atoms with van der Waals surface area (Å²) in [4.78, 5) is 10.6. The summed E-state index contributed by atoms with van der Waals surface area (Å²) in [6.45, 7) is 3.38. The van der Waals surface area contributed by atoms with Crippen LogP contribution in [0.4, 0.5) is 0 Å². The number of hydrogen-bond donors (Lipinski definition) is 1. The lowest BCUT2D eigenvalue weighted by atomic mass is 10.4. The van der Waals surface area contributed by atoms with Crippen molar-refractivity contribution in [2.24, 2.45) is 5.92 Å². The lowest BCUT2D eigenvalue weighted by Gasteiger charge is -1.91. The largest absolute Gasteiger partial charge is 0.333 e. The van der Waals surface area contributed by atoms with Crippen molar-refractivity contribution in [2.45, 2.75) is 12.8 Å². The first-order valence-corrected chi connectivity index (χ1v) is 2.76. The Balaban J connectivity index is 2.22. The Morgan fingerprint density at radius 2 is 2.38 bits per heavy atom. The first kappa shape index (κ1) is 5.35. The molecule has 0 unspecified atom stereocenters. The number of carbonyl (C=O) groups excluding carboxylic acids is 1. The predicted octanol–water partition coefficient (Wildman–Crippen LogP) is 0.656. The smallest absolute Gasteiger partial charge is 0.227 e. The lowest BCUT2D eigenvalue weighted by Crippen LogP contribution is -2.17. The SMILES string of the molecule is C=CNC(=O)C1CC1.